The molecule has 2 aliphatic heterocycles. The average molecular weight is 410 g/mol. The maximum Gasteiger partial charge on any atom is 0.416 e. The zero-order chi connectivity index (χ0) is 20.4. The number of ether oxygens (including phenoxy) is 1. The second kappa shape index (κ2) is 8.14. The van der Waals surface area contributed by atoms with E-state index in [1.165, 1.54) is 24.5 Å². The summed E-state index contributed by atoms with van der Waals surface area (Å²) in [6.45, 7) is 3.82. The first kappa shape index (κ1) is 19.9. The van der Waals surface area contributed by atoms with Crippen molar-refractivity contribution in [1.82, 2.24) is 14.9 Å². The highest BCUT2D eigenvalue weighted by molar-refractivity contribution is 5.30. The van der Waals surface area contributed by atoms with Crippen LogP contribution in [0, 0.1) is 11.7 Å². The molecule has 0 N–H and O–H groups in total. The van der Waals surface area contributed by atoms with Crippen LogP contribution in [0.5, 0.6) is 5.75 Å². The van der Waals surface area contributed by atoms with Gasteiger partial charge in [0.15, 0.2) is 5.82 Å². The molecule has 2 fully saturated rings. The zero-order valence-electron chi connectivity index (χ0n) is 15.8. The lowest BCUT2D eigenvalue weighted by Gasteiger charge is -2.46. The average Bonchev–Trinajstić information content (AvgIpc) is 2.72. The van der Waals surface area contributed by atoms with Gasteiger partial charge in [-0.3, -0.25) is 4.90 Å². The molecule has 1 aromatic carbocycles. The van der Waals surface area contributed by atoms with Crippen LogP contribution in [-0.2, 0) is 6.18 Å². The minimum absolute atomic E-state index is 0.335. The van der Waals surface area contributed by atoms with Gasteiger partial charge in [0.25, 0.3) is 0 Å². The van der Waals surface area contributed by atoms with Gasteiger partial charge in [-0.1, -0.05) is 0 Å². The summed E-state index contributed by atoms with van der Waals surface area (Å²) >= 11 is 0. The van der Waals surface area contributed by atoms with Crippen LogP contribution in [0.15, 0.2) is 36.7 Å². The van der Waals surface area contributed by atoms with E-state index in [1.54, 1.807) is 0 Å². The van der Waals surface area contributed by atoms with Crippen molar-refractivity contribution in [2.24, 2.45) is 5.92 Å². The maximum atomic E-state index is 13.0. The molecule has 5 nitrogen and oxygen atoms in total. The zero-order valence-corrected chi connectivity index (χ0v) is 15.8. The number of hydrogen-bond donors (Lipinski definition) is 0. The first-order chi connectivity index (χ1) is 13.9. The number of piperazine rings is 1. The van der Waals surface area contributed by atoms with Crippen molar-refractivity contribution in [1.29, 1.82) is 0 Å². The number of anilines is 1. The highest BCUT2D eigenvalue weighted by Crippen LogP contribution is 2.31. The summed E-state index contributed by atoms with van der Waals surface area (Å²) in [4.78, 5) is 12.6. The second-order valence-corrected chi connectivity index (χ2v) is 7.57. The quantitative estimate of drug-likeness (QED) is 0.721. The van der Waals surface area contributed by atoms with E-state index in [1.807, 2.05) is 0 Å². The fourth-order valence-electron chi connectivity index (χ4n) is 4.00. The number of benzene rings is 1. The molecule has 2 saturated heterocycles. The van der Waals surface area contributed by atoms with Gasteiger partial charge in [-0.25, -0.2) is 14.4 Å². The largest absolute Gasteiger partial charge is 0.493 e. The van der Waals surface area contributed by atoms with Crippen LogP contribution < -0.4 is 9.64 Å². The van der Waals surface area contributed by atoms with E-state index in [-0.39, 0.29) is 0 Å². The number of hydrogen-bond acceptors (Lipinski definition) is 5. The topological polar surface area (TPSA) is 41.5 Å². The van der Waals surface area contributed by atoms with E-state index in [9.17, 15) is 17.6 Å². The van der Waals surface area contributed by atoms with Crippen molar-refractivity contribution >= 4 is 5.95 Å². The van der Waals surface area contributed by atoms with Crippen molar-refractivity contribution in [3.05, 3.63) is 48.0 Å². The van der Waals surface area contributed by atoms with Crippen LogP contribution in [-0.4, -0.2) is 53.7 Å². The Hall–Kier alpha value is -2.42. The monoisotopic (exact) mass is 410 g/mol. The highest BCUT2D eigenvalue weighted by Gasteiger charge is 2.34. The van der Waals surface area contributed by atoms with Gasteiger partial charge in [-0.05, 0) is 37.1 Å². The lowest BCUT2D eigenvalue weighted by atomic mass is 9.91. The Balaban J connectivity index is 1.27. The summed E-state index contributed by atoms with van der Waals surface area (Å²) in [5.41, 5.74) is -0.673. The number of nitrogens with zero attached hydrogens (tertiary/aromatic N) is 4. The molecule has 3 heterocycles. The summed E-state index contributed by atoms with van der Waals surface area (Å²) in [5, 5.41) is 0. The van der Waals surface area contributed by atoms with Crippen LogP contribution in [0.25, 0.3) is 0 Å². The van der Waals surface area contributed by atoms with Crippen LogP contribution in [0.3, 0.4) is 0 Å². The summed E-state index contributed by atoms with van der Waals surface area (Å²) in [6.07, 6.45) is 0.0189. The number of halogens is 4. The van der Waals surface area contributed by atoms with Crippen molar-refractivity contribution in [2.45, 2.75) is 25.1 Å². The van der Waals surface area contributed by atoms with Gasteiger partial charge >= 0.3 is 6.18 Å². The van der Waals surface area contributed by atoms with Gasteiger partial charge in [0, 0.05) is 38.1 Å². The standard InChI is InChI=1S/C20H22F4N4O/c21-16-9-25-19(26-10-16)28-8-7-27-11-14(1-4-17(27)12-28)13-29-18-5-2-15(3-6-18)20(22,23)24/h2-3,5-6,9-10,14,17H,1,4,7-8,11-13H2/t14-,17-/m0/s1. The van der Waals surface area contributed by atoms with Gasteiger partial charge in [0.1, 0.15) is 5.75 Å². The summed E-state index contributed by atoms with van der Waals surface area (Å²) in [6, 6.07) is 5.22. The molecule has 0 amide bonds. The number of rotatable bonds is 4. The molecule has 0 bridgehead atoms. The van der Waals surface area contributed by atoms with Crippen LogP contribution in [0.1, 0.15) is 18.4 Å². The lowest BCUT2D eigenvalue weighted by molar-refractivity contribution is -0.137. The van der Waals surface area contributed by atoms with Gasteiger partial charge in [-0.15, -0.1) is 0 Å². The molecular weight excluding hydrogens is 388 g/mol. The molecule has 0 aliphatic carbocycles. The van der Waals surface area contributed by atoms with E-state index in [0.29, 0.717) is 30.3 Å². The Morgan fingerprint density at radius 2 is 1.72 bits per heavy atom. The van der Waals surface area contributed by atoms with Crippen LogP contribution in [0.4, 0.5) is 23.5 Å². The van der Waals surface area contributed by atoms with Gasteiger partial charge in [0.2, 0.25) is 5.95 Å². The fraction of sp³-hybridized carbons (Fsp3) is 0.500. The van der Waals surface area contributed by atoms with E-state index < -0.39 is 17.6 Å². The predicted octanol–water partition coefficient (Wildman–Crippen LogP) is 3.61. The molecule has 29 heavy (non-hydrogen) atoms. The summed E-state index contributed by atoms with van der Waals surface area (Å²) < 4.78 is 56.7. The van der Waals surface area contributed by atoms with Crippen molar-refractivity contribution in [3.63, 3.8) is 0 Å². The predicted molar refractivity (Wildman–Crippen MR) is 99.2 cm³/mol. The van der Waals surface area contributed by atoms with E-state index in [2.05, 4.69) is 19.8 Å². The highest BCUT2D eigenvalue weighted by atomic mass is 19.4. The number of alkyl halides is 3. The third-order valence-corrected chi connectivity index (χ3v) is 5.56. The first-order valence-electron chi connectivity index (χ1n) is 9.65. The molecule has 2 aromatic rings. The number of aromatic nitrogens is 2. The summed E-state index contributed by atoms with van der Waals surface area (Å²) in [7, 11) is 0. The van der Waals surface area contributed by atoms with Crippen LogP contribution >= 0.6 is 0 Å². The third kappa shape index (κ3) is 4.77. The Morgan fingerprint density at radius 3 is 2.41 bits per heavy atom. The first-order valence-corrected chi connectivity index (χ1v) is 9.65. The molecule has 4 rings (SSSR count). The van der Waals surface area contributed by atoms with Crippen LogP contribution in [0.2, 0.25) is 0 Å². The Kier molecular flexibility index (Phi) is 5.58. The molecule has 1 aromatic heterocycles. The third-order valence-electron chi connectivity index (χ3n) is 5.56. The molecular formula is C20H22F4N4O. The molecule has 9 heteroatoms. The lowest BCUT2D eigenvalue weighted by Crippen LogP contribution is -2.57. The smallest absolute Gasteiger partial charge is 0.416 e. The summed E-state index contributed by atoms with van der Waals surface area (Å²) in [5.74, 6) is 0.903. The van der Waals surface area contributed by atoms with E-state index in [0.717, 1.165) is 51.2 Å². The minimum Gasteiger partial charge on any atom is -0.493 e. The maximum absolute atomic E-state index is 13.0. The molecule has 0 radical (unpaired) electrons. The minimum atomic E-state index is -4.34. The number of fused-ring (bicyclic) bond motifs is 1. The molecule has 0 unspecified atom stereocenters. The van der Waals surface area contributed by atoms with Crippen molar-refractivity contribution < 1.29 is 22.3 Å². The van der Waals surface area contributed by atoms with Gasteiger partial charge in [0.05, 0.1) is 24.6 Å². The molecule has 0 spiro atoms. The Morgan fingerprint density at radius 1 is 1.00 bits per heavy atom. The van der Waals surface area contributed by atoms with Gasteiger partial charge < -0.3 is 9.64 Å². The molecule has 0 saturated carbocycles. The normalized spacial score (nSPS) is 23.0. The van der Waals surface area contributed by atoms with Gasteiger partial charge in [-0.2, -0.15) is 13.2 Å². The molecule has 156 valence electrons. The van der Waals surface area contributed by atoms with E-state index in [4.69, 9.17) is 4.74 Å². The SMILES string of the molecule is Fc1cnc(N2CCN3C[C@@H](COc4ccc(C(F)(F)F)cc4)CC[C@H]3C2)nc1. The number of piperidine rings is 1. The molecule has 2 atom stereocenters. The Labute approximate surface area is 166 Å². The van der Waals surface area contributed by atoms with Crippen molar-refractivity contribution in [2.75, 3.05) is 37.7 Å². The van der Waals surface area contributed by atoms with Crippen molar-refractivity contribution in [3.8, 4) is 5.75 Å². The second-order valence-electron chi connectivity index (χ2n) is 7.57. The Bertz CT molecular complexity index is 813. The molecule has 2 aliphatic rings. The van der Waals surface area contributed by atoms with E-state index >= 15 is 0 Å². The fourth-order valence-corrected chi connectivity index (χ4v) is 4.00.